The van der Waals surface area contributed by atoms with E-state index >= 15 is 0 Å². The third-order valence-corrected chi connectivity index (χ3v) is 3.73. The van der Waals surface area contributed by atoms with Crippen molar-refractivity contribution in [2.45, 2.75) is 25.8 Å². The van der Waals surface area contributed by atoms with E-state index in [9.17, 15) is 0 Å². The summed E-state index contributed by atoms with van der Waals surface area (Å²) < 4.78 is 5.41. The number of benzene rings is 1. The molecule has 2 N–H and O–H groups in total. The molecule has 1 fully saturated rings. The van der Waals surface area contributed by atoms with Crippen molar-refractivity contribution < 1.29 is 4.74 Å². The van der Waals surface area contributed by atoms with Crippen molar-refractivity contribution in [3.05, 3.63) is 24.3 Å². The normalized spacial score (nSPS) is 21.6. The standard InChI is InChI=1S/C14H22N2O/c1-3-12(15)11-8-9-16(10-11)13-6-4-5-7-14(13)17-2/h4-7,11-12H,3,8-10,15H2,1-2H3. The van der Waals surface area contributed by atoms with Gasteiger partial charge in [0.15, 0.2) is 0 Å². The van der Waals surface area contributed by atoms with Crippen molar-refractivity contribution in [2.75, 3.05) is 25.1 Å². The summed E-state index contributed by atoms with van der Waals surface area (Å²) in [5, 5.41) is 0. The van der Waals surface area contributed by atoms with Gasteiger partial charge in [-0.2, -0.15) is 0 Å². The monoisotopic (exact) mass is 234 g/mol. The third kappa shape index (κ3) is 2.55. The number of hydrogen-bond donors (Lipinski definition) is 1. The van der Waals surface area contributed by atoms with E-state index in [-0.39, 0.29) is 0 Å². The summed E-state index contributed by atoms with van der Waals surface area (Å²) in [5.41, 5.74) is 7.33. The molecule has 0 bridgehead atoms. The van der Waals surface area contributed by atoms with Gasteiger partial charge in [-0.15, -0.1) is 0 Å². The molecule has 1 aromatic rings. The number of rotatable bonds is 4. The van der Waals surface area contributed by atoms with Crippen LogP contribution >= 0.6 is 0 Å². The van der Waals surface area contributed by atoms with Gasteiger partial charge in [0.25, 0.3) is 0 Å². The van der Waals surface area contributed by atoms with Gasteiger partial charge >= 0.3 is 0 Å². The molecule has 0 amide bonds. The van der Waals surface area contributed by atoms with Crippen LogP contribution < -0.4 is 15.4 Å². The van der Waals surface area contributed by atoms with E-state index in [1.165, 1.54) is 12.1 Å². The van der Waals surface area contributed by atoms with E-state index in [1.54, 1.807) is 7.11 Å². The van der Waals surface area contributed by atoms with Crippen LogP contribution in [-0.2, 0) is 0 Å². The third-order valence-electron chi connectivity index (χ3n) is 3.73. The molecule has 1 aliphatic rings. The highest BCUT2D eigenvalue weighted by atomic mass is 16.5. The average molecular weight is 234 g/mol. The Morgan fingerprint density at radius 1 is 1.47 bits per heavy atom. The van der Waals surface area contributed by atoms with Crippen molar-refractivity contribution >= 4 is 5.69 Å². The minimum atomic E-state index is 0.328. The summed E-state index contributed by atoms with van der Waals surface area (Å²) in [4.78, 5) is 2.39. The van der Waals surface area contributed by atoms with Crippen LogP contribution in [0.2, 0.25) is 0 Å². The van der Waals surface area contributed by atoms with Gasteiger partial charge in [0.1, 0.15) is 5.75 Å². The van der Waals surface area contributed by atoms with Gasteiger partial charge in [0.05, 0.1) is 12.8 Å². The van der Waals surface area contributed by atoms with Crippen molar-refractivity contribution in [3.8, 4) is 5.75 Å². The molecule has 2 unspecified atom stereocenters. The molecular weight excluding hydrogens is 212 g/mol. The topological polar surface area (TPSA) is 38.5 Å². The second kappa shape index (κ2) is 5.41. The lowest BCUT2D eigenvalue weighted by atomic mass is 9.98. The molecule has 0 aliphatic carbocycles. The maximum absolute atomic E-state index is 6.13. The second-order valence-corrected chi connectivity index (χ2v) is 4.74. The summed E-state index contributed by atoms with van der Waals surface area (Å²) in [6, 6.07) is 8.54. The van der Waals surface area contributed by atoms with Crippen LogP contribution in [0, 0.1) is 5.92 Å². The van der Waals surface area contributed by atoms with Crippen LogP contribution in [0.4, 0.5) is 5.69 Å². The number of methoxy groups -OCH3 is 1. The SMILES string of the molecule is CCC(N)C1CCN(c2ccccc2OC)C1. The fraction of sp³-hybridized carbons (Fsp3) is 0.571. The maximum Gasteiger partial charge on any atom is 0.142 e. The van der Waals surface area contributed by atoms with Crippen LogP contribution in [0.5, 0.6) is 5.75 Å². The van der Waals surface area contributed by atoms with Crippen molar-refractivity contribution in [2.24, 2.45) is 11.7 Å². The van der Waals surface area contributed by atoms with Crippen molar-refractivity contribution in [1.82, 2.24) is 0 Å². The predicted octanol–water partition coefficient (Wildman–Crippen LogP) is 2.26. The van der Waals surface area contributed by atoms with Gasteiger partial charge in [-0.1, -0.05) is 19.1 Å². The first-order chi connectivity index (χ1) is 8.26. The Morgan fingerprint density at radius 2 is 2.24 bits per heavy atom. The van der Waals surface area contributed by atoms with E-state index in [4.69, 9.17) is 10.5 Å². The number of nitrogens with two attached hydrogens (primary N) is 1. The number of ether oxygens (including phenoxy) is 1. The van der Waals surface area contributed by atoms with Crippen LogP contribution in [0.25, 0.3) is 0 Å². The molecule has 0 aromatic heterocycles. The van der Waals surface area contributed by atoms with Gasteiger partial charge in [-0.3, -0.25) is 0 Å². The maximum atomic E-state index is 6.13. The van der Waals surface area contributed by atoms with Gasteiger partial charge in [0.2, 0.25) is 0 Å². The van der Waals surface area contributed by atoms with Gasteiger partial charge in [0, 0.05) is 19.1 Å². The first kappa shape index (κ1) is 12.2. The smallest absolute Gasteiger partial charge is 0.142 e. The lowest BCUT2D eigenvalue weighted by Gasteiger charge is -2.22. The zero-order valence-corrected chi connectivity index (χ0v) is 10.7. The van der Waals surface area contributed by atoms with Crippen molar-refractivity contribution in [1.29, 1.82) is 0 Å². The quantitative estimate of drug-likeness (QED) is 0.868. The fourth-order valence-electron chi connectivity index (χ4n) is 2.58. The molecule has 3 nitrogen and oxygen atoms in total. The molecule has 94 valence electrons. The molecule has 17 heavy (non-hydrogen) atoms. The number of anilines is 1. The molecule has 1 heterocycles. The first-order valence-electron chi connectivity index (χ1n) is 6.39. The minimum absolute atomic E-state index is 0.328. The summed E-state index contributed by atoms with van der Waals surface area (Å²) in [7, 11) is 1.73. The van der Waals surface area contributed by atoms with Crippen LogP contribution in [-0.4, -0.2) is 26.2 Å². The zero-order valence-electron chi connectivity index (χ0n) is 10.7. The van der Waals surface area contributed by atoms with Gasteiger partial charge in [-0.25, -0.2) is 0 Å². The molecule has 2 atom stereocenters. The van der Waals surface area contributed by atoms with Gasteiger partial charge in [-0.05, 0) is 30.9 Å². The molecule has 1 aromatic carbocycles. The molecule has 0 spiro atoms. The lowest BCUT2D eigenvalue weighted by molar-refractivity contribution is 0.414. The summed E-state index contributed by atoms with van der Waals surface area (Å²) in [6.45, 7) is 4.30. The highest BCUT2D eigenvalue weighted by Crippen LogP contribution is 2.32. The van der Waals surface area contributed by atoms with E-state index in [2.05, 4.69) is 24.0 Å². The number of nitrogens with zero attached hydrogens (tertiary/aromatic N) is 1. The van der Waals surface area contributed by atoms with E-state index < -0.39 is 0 Å². The highest BCUT2D eigenvalue weighted by molar-refractivity contribution is 5.59. The van der Waals surface area contributed by atoms with E-state index in [0.717, 1.165) is 25.3 Å². The number of hydrogen-bond acceptors (Lipinski definition) is 3. The Morgan fingerprint density at radius 3 is 2.94 bits per heavy atom. The molecule has 1 aliphatic heterocycles. The largest absolute Gasteiger partial charge is 0.495 e. The Hall–Kier alpha value is -1.22. The summed E-state index contributed by atoms with van der Waals surface area (Å²) >= 11 is 0. The Balaban J connectivity index is 2.09. The number of para-hydroxylation sites is 2. The Bertz CT molecular complexity index is 367. The molecule has 0 radical (unpaired) electrons. The van der Waals surface area contributed by atoms with E-state index in [1.807, 2.05) is 12.1 Å². The summed E-state index contributed by atoms with van der Waals surface area (Å²) in [6.07, 6.45) is 2.25. The minimum Gasteiger partial charge on any atom is -0.495 e. The lowest BCUT2D eigenvalue weighted by Crippen LogP contribution is -2.31. The van der Waals surface area contributed by atoms with Crippen molar-refractivity contribution in [3.63, 3.8) is 0 Å². The molecular formula is C14H22N2O. The molecule has 1 saturated heterocycles. The average Bonchev–Trinajstić information content (AvgIpc) is 2.87. The first-order valence-corrected chi connectivity index (χ1v) is 6.39. The highest BCUT2D eigenvalue weighted by Gasteiger charge is 2.27. The molecule has 2 rings (SSSR count). The van der Waals surface area contributed by atoms with Crippen LogP contribution in [0.15, 0.2) is 24.3 Å². The van der Waals surface area contributed by atoms with Crippen LogP contribution in [0.1, 0.15) is 19.8 Å². The second-order valence-electron chi connectivity index (χ2n) is 4.74. The summed E-state index contributed by atoms with van der Waals surface area (Å²) in [5.74, 6) is 1.57. The molecule has 0 saturated carbocycles. The van der Waals surface area contributed by atoms with E-state index in [0.29, 0.717) is 12.0 Å². The Kier molecular flexibility index (Phi) is 3.89. The van der Waals surface area contributed by atoms with Crippen LogP contribution in [0.3, 0.4) is 0 Å². The fourth-order valence-corrected chi connectivity index (χ4v) is 2.58. The predicted molar refractivity (Wildman–Crippen MR) is 71.6 cm³/mol. The molecule has 3 heteroatoms. The van der Waals surface area contributed by atoms with Gasteiger partial charge < -0.3 is 15.4 Å². The zero-order chi connectivity index (χ0) is 12.3. The Labute approximate surface area is 104 Å².